The highest BCUT2D eigenvalue weighted by Crippen LogP contribution is 2.26. The van der Waals surface area contributed by atoms with Crippen molar-refractivity contribution in [1.82, 2.24) is 0 Å². The van der Waals surface area contributed by atoms with Crippen LogP contribution in [0.1, 0.15) is 27.2 Å². The van der Waals surface area contributed by atoms with Crippen LogP contribution in [-0.2, 0) is 14.4 Å². The van der Waals surface area contributed by atoms with E-state index in [1.54, 1.807) is 6.92 Å². The topological polar surface area (TPSA) is 112 Å². The first-order valence-electron chi connectivity index (χ1n) is 5.93. The zero-order valence-corrected chi connectivity index (χ0v) is 11.6. The Labute approximate surface area is 116 Å². The molecule has 0 aliphatic heterocycles. The fourth-order valence-corrected chi connectivity index (χ4v) is 1.70. The van der Waals surface area contributed by atoms with Crippen LogP contribution in [0.3, 0.4) is 0 Å². The van der Waals surface area contributed by atoms with E-state index >= 15 is 0 Å². The molecule has 0 spiro atoms. The average molecular weight is 282 g/mol. The molecule has 0 heterocycles. The standard InChI is InChI=1S/C14H18O6/c1-5-10(8(3)9(4)13(17)18)11(14(19)20)6-7(2)12(15)16/h6,8H,4-5H2,1-3H3,(H,15,16)(H,17,18)(H,19,20). The maximum atomic E-state index is 11.3. The Hall–Kier alpha value is -2.37. The van der Waals surface area contributed by atoms with E-state index in [2.05, 4.69) is 6.58 Å². The van der Waals surface area contributed by atoms with Crippen LogP contribution in [0.2, 0.25) is 0 Å². The van der Waals surface area contributed by atoms with Crippen LogP contribution in [0, 0.1) is 5.92 Å². The molecule has 6 heteroatoms. The molecule has 0 rings (SSSR count). The molecule has 0 aromatic rings. The first-order chi connectivity index (χ1) is 9.13. The van der Waals surface area contributed by atoms with Crippen LogP contribution in [0.5, 0.6) is 0 Å². The fraction of sp³-hybridized carbons (Fsp3) is 0.357. The van der Waals surface area contributed by atoms with Crippen molar-refractivity contribution in [2.45, 2.75) is 27.2 Å². The minimum absolute atomic E-state index is 0.137. The van der Waals surface area contributed by atoms with Crippen LogP contribution in [-0.4, -0.2) is 33.2 Å². The van der Waals surface area contributed by atoms with E-state index in [9.17, 15) is 19.5 Å². The second-order valence-electron chi connectivity index (χ2n) is 4.28. The second-order valence-corrected chi connectivity index (χ2v) is 4.28. The number of aliphatic carboxylic acids is 3. The highest BCUT2D eigenvalue weighted by molar-refractivity contribution is 5.96. The molecule has 6 nitrogen and oxygen atoms in total. The van der Waals surface area contributed by atoms with Crippen LogP contribution >= 0.6 is 0 Å². The third-order valence-corrected chi connectivity index (χ3v) is 2.98. The van der Waals surface area contributed by atoms with Gasteiger partial charge in [-0.3, -0.25) is 0 Å². The van der Waals surface area contributed by atoms with Gasteiger partial charge in [0.15, 0.2) is 0 Å². The van der Waals surface area contributed by atoms with Crippen molar-refractivity contribution in [3.63, 3.8) is 0 Å². The van der Waals surface area contributed by atoms with E-state index < -0.39 is 23.8 Å². The Kier molecular flexibility index (Phi) is 6.41. The molecule has 0 amide bonds. The van der Waals surface area contributed by atoms with Gasteiger partial charge in [-0.1, -0.05) is 20.4 Å². The van der Waals surface area contributed by atoms with Crippen molar-refractivity contribution in [2.24, 2.45) is 5.92 Å². The van der Waals surface area contributed by atoms with Crippen LogP contribution in [0.15, 0.2) is 34.9 Å². The molecule has 0 bridgehead atoms. The minimum atomic E-state index is -1.30. The van der Waals surface area contributed by atoms with Gasteiger partial charge < -0.3 is 15.3 Å². The number of carboxylic acids is 3. The lowest BCUT2D eigenvalue weighted by Crippen LogP contribution is -2.15. The maximum Gasteiger partial charge on any atom is 0.335 e. The number of rotatable bonds is 7. The molecule has 0 saturated carbocycles. The van der Waals surface area contributed by atoms with E-state index in [1.165, 1.54) is 13.8 Å². The molecule has 0 radical (unpaired) electrons. The monoisotopic (exact) mass is 282 g/mol. The molecule has 0 fully saturated rings. The first kappa shape index (κ1) is 17.6. The molecule has 0 aromatic heterocycles. The summed E-state index contributed by atoms with van der Waals surface area (Å²) in [6, 6.07) is 0. The smallest absolute Gasteiger partial charge is 0.335 e. The van der Waals surface area contributed by atoms with Crippen LogP contribution in [0.25, 0.3) is 0 Å². The summed E-state index contributed by atoms with van der Waals surface area (Å²) in [5.74, 6) is -4.44. The quantitative estimate of drug-likeness (QED) is 0.487. The third-order valence-electron chi connectivity index (χ3n) is 2.98. The molecular formula is C14H18O6. The van der Waals surface area contributed by atoms with Gasteiger partial charge in [-0.2, -0.15) is 0 Å². The summed E-state index contributed by atoms with van der Waals surface area (Å²) < 4.78 is 0. The van der Waals surface area contributed by atoms with Crippen LogP contribution in [0.4, 0.5) is 0 Å². The summed E-state index contributed by atoms with van der Waals surface area (Å²) in [5.41, 5.74) is -0.156. The maximum absolute atomic E-state index is 11.3. The average Bonchev–Trinajstić information content (AvgIpc) is 2.36. The summed E-state index contributed by atoms with van der Waals surface area (Å²) in [5, 5.41) is 26.9. The molecule has 3 N–H and O–H groups in total. The summed E-state index contributed by atoms with van der Waals surface area (Å²) in [7, 11) is 0. The predicted octanol–water partition coefficient (Wildman–Crippen LogP) is 2.09. The SMILES string of the molecule is C=C(C(=O)O)C(C)C(CC)=C(C=C(C)C(=O)O)C(=O)O. The Bertz CT molecular complexity index is 510. The normalized spacial score (nSPS) is 14.2. The third kappa shape index (κ3) is 4.38. The van der Waals surface area contributed by atoms with E-state index in [-0.39, 0.29) is 23.1 Å². The number of carboxylic acid groups (broad SMARTS) is 3. The largest absolute Gasteiger partial charge is 0.478 e. The van der Waals surface area contributed by atoms with Gasteiger partial charge in [0, 0.05) is 17.1 Å². The molecular weight excluding hydrogens is 264 g/mol. The van der Waals surface area contributed by atoms with Gasteiger partial charge in [-0.15, -0.1) is 0 Å². The Morgan fingerprint density at radius 3 is 1.90 bits per heavy atom. The molecule has 0 aromatic carbocycles. The van der Waals surface area contributed by atoms with Gasteiger partial charge in [0.2, 0.25) is 0 Å². The van der Waals surface area contributed by atoms with Gasteiger partial charge in [0.05, 0.1) is 5.57 Å². The molecule has 0 aliphatic rings. The second kappa shape index (κ2) is 7.28. The van der Waals surface area contributed by atoms with Gasteiger partial charge in [-0.25, -0.2) is 14.4 Å². The highest BCUT2D eigenvalue weighted by Gasteiger charge is 2.22. The van der Waals surface area contributed by atoms with Crippen molar-refractivity contribution in [3.8, 4) is 0 Å². The number of carbonyl (C=O) groups is 3. The summed E-state index contributed by atoms with van der Waals surface area (Å²) in [4.78, 5) is 33.0. The lowest BCUT2D eigenvalue weighted by Gasteiger charge is -2.17. The molecule has 110 valence electrons. The van der Waals surface area contributed by atoms with Crippen molar-refractivity contribution in [3.05, 3.63) is 34.9 Å². The van der Waals surface area contributed by atoms with Crippen molar-refractivity contribution in [2.75, 3.05) is 0 Å². The minimum Gasteiger partial charge on any atom is -0.478 e. The fourth-order valence-electron chi connectivity index (χ4n) is 1.70. The van der Waals surface area contributed by atoms with Gasteiger partial charge in [0.1, 0.15) is 0 Å². The molecule has 0 saturated heterocycles. The number of hydrogen-bond donors (Lipinski definition) is 3. The first-order valence-corrected chi connectivity index (χ1v) is 5.93. The summed E-state index contributed by atoms with van der Waals surface area (Å²) >= 11 is 0. The van der Waals surface area contributed by atoms with Gasteiger partial charge >= 0.3 is 17.9 Å². The molecule has 1 unspecified atom stereocenters. The Balaban J connectivity index is 5.95. The Morgan fingerprint density at radius 2 is 1.60 bits per heavy atom. The summed E-state index contributed by atoms with van der Waals surface area (Å²) in [6.07, 6.45) is 1.31. The zero-order chi connectivity index (χ0) is 16.0. The van der Waals surface area contributed by atoms with E-state index in [1.807, 2.05) is 0 Å². The number of allylic oxidation sites excluding steroid dienone is 1. The lowest BCUT2D eigenvalue weighted by atomic mass is 9.87. The zero-order valence-electron chi connectivity index (χ0n) is 11.6. The summed E-state index contributed by atoms with van der Waals surface area (Å²) in [6.45, 7) is 7.89. The van der Waals surface area contributed by atoms with Gasteiger partial charge in [-0.05, 0) is 25.0 Å². The Morgan fingerprint density at radius 1 is 1.10 bits per heavy atom. The predicted molar refractivity (Wildman–Crippen MR) is 72.3 cm³/mol. The van der Waals surface area contributed by atoms with Crippen molar-refractivity contribution in [1.29, 1.82) is 0 Å². The highest BCUT2D eigenvalue weighted by atomic mass is 16.4. The molecule has 0 aliphatic carbocycles. The molecule has 1 atom stereocenters. The van der Waals surface area contributed by atoms with Crippen molar-refractivity contribution >= 4 is 17.9 Å². The molecule has 20 heavy (non-hydrogen) atoms. The van der Waals surface area contributed by atoms with Crippen molar-refractivity contribution < 1.29 is 29.7 Å². The lowest BCUT2D eigenvalue weighted by molar-refractivity contribution is -0.134. The van der Waals surface area contributed by atoms with E-state index in [4.69, 9.17) is 10.2 Å². The van der Waals surface area contributed by atoms with Gasteiger partial charge in [0.25, 0.3) is 0 Å². The van der Waals surface area contributed by atoms with Crippen LogP contribution < -0.4 is 0 Å². The number of hydrogen-bond acceptors (Lipinski definition) is 3. The van der Waals surface area contributed by atoms with E-state index in [0.717, 1.165) is 6.08 Å². The van der Waals surface area contributed by atoms with E-state index in [0.29, 0.717) is 5.57 Å².